The first-order chi connectivity index (χ1) is 7.07. The predicted molar refractivity (Wildman–Crippen MR) is 53.4 cm³/mol. The maximum Gasteiger partial charge on any atom is 0.321 e. The summed E-state index contributed by atoms with van der Waals surface area (Å²) in [6, 6.07) is -0.989. The number of carbonyl (C=O) groups excluding carboxylic acids is 1. The highest BCUT2D eigenvalue weighted by atomic mass is 16.5. The van der Waals surface area contributed by atoms with Crippen molar-refractivity contribution in [3.63, 3.8) is 0 Å². The molecule has 0 saturated heterocycles. The molecule has 0 aliphatic carbocycles. The number of rotatable bonds is 8. The SMILES string of the molecule is COCCNC(=O)CNCC(N)C(=O)O. The van der Waals surface area contributed by atoms with Crippen molar-refractivity contribution < 1.29 is 19.4 Å². The molecule has 0 spiro atoms. The van der Waals surface area contributed by atoms with Crippen molar-refractivity contribution in [2.75, 3.05) is 33.4 Å². The molecule has 0 aromatic rings. The highest BCUT2D eigenvalue weighted by molar-refractivity contribution is 5.78. The third-order valence-electron chi connectivity index (χ3n) is 1.60. The molecule has 7 nitrogen and oxygen atoms in total. The lowest BCUT2D eigenvalue weighted by Gasteiger charge is -2.08. The first kappa shape index (κ1) is 13.8. The second kappa shape index (κ2) is 8.16. The molecule has 0 aliphatic rings. The van der Waals surface area contributed by atoms with E-state index < -0.39 is 12.0 Å². The van der Waals surface area contributed by atoms with Crippen molar-refractivity contribution in [1.82, 2.24) is 10.6 Å². The van der Waals surface area contributed by atoms with Crippen LogP contribution in [0, 0.1) is 0 Å². The lowest BCUT2D eigenvalue weighted by Crippen LogP contribution is -2.44. The summed E-state index contributed by atoms with van der Waals surface area (Å²) < 4.78 is 4.73. The van der Waals surface area contributed by atoms with E-state index in [1.165, 1.54) is 7.11 Å². The van der Waals surface area contributed by atoms with Crippen molar-refractivity contribution >= 4 is 11.9 Å². The third-order valence-corrected chi connectivity index (χ3v) is 1.60. The van der Waals surface area contributed by atoms with E-state index >= 15 is 0 Å². The van der Waals surface area contributed by atoms with Crippen molar-refractivity contribution in [2.24, 2.45) is 5.73 Å². The number of amides is 1. The van der Waals surface area contributed by atoms with Crippen molar-refractivity contribution in [2.45, 2.75) is 6.04 Å². The molecule has 15 heavy (non-hydrogen) atoms. The summed E-state index contributed by atoms with van der Waals surface area (Å²) in [5.74, 6) is -1.31. The number of nitrogens with one attached hydrogen (secondary N) is 2. The van der Waals surface area contributed by atoms with Crippen LogP contribution in [0.25, 0.3) is 0 Å². The number of aliphatic carboxylic acids is 1. The van der Waals surface area contributed by atoms with Crippen LogP contribution in [0.5, 0.6) is 0 Å². The number of nitrogens with two attached hydrogens (primary N) is 1. The molecule has 88 valence electrons. The van der Waals surface area contributed by atoms with E-state index in [0.29, 0.717) is 13.2 Å². The Balaban J connectivity index is 3.42. The second-order valence-electron chi connectivity index (χ2n) is 2.92. The molecule has 1 unspecified atom stereocenters. The number of carboxylic acid groups (broad SMARTS) is 1. The highest BCUT2D eigenvalue weighted by Gasteiger charge is 2.10. The molecule has 0 rings (SSSR count). The Labute approximate surface area is 88.0 Å². The van der Waals surface area contributed by atoms with Gasteiger partial charge >= 0.3 is 5.97 Å². The van der Waals surface area contributed by atoms with E-state index in [-0.39, 0.29) is 19.0 Å². The highest BCUT2D eigenvalue weighted by Crippen LogP contribution is 1.75. The van der Waals surface area contributed by atoms with Gasteiger partial charge in [-0.1, -0.05) is 0 Å². The molecule has 1 amide bonds. The van der Waals surface area contributed by atoms with E-state index in [2.05, 4.69) is 10.6 Å². The monoisotopic (exact) mass is 219 g/mol. The van der Waals surface area contributed by atoms with Crippen LogP contribution >= 0.6 is 0 Å². The van der Waals surface area contributed by atoms with Crippen molar-refractivity contribution in [1.29, 1.82) is 0 Å². The van der Waals surface area contributed by atoms with Crippen molar-refractivity contribution in [3.8, 4) is 0 Å². The zero-order valence-electron chi connectivity index (χ0n) is 8.66. The number of carboxylic acids is 1. The molecule has 0 fully saturated rings. The number of hydrogen-bond acceptors (Lipinski definition) is 5. The van der Waals surface area contributed by atoms with Gasteiger partial charge in [0, 0.05) is 20.2 Å². The summed E-state index contributed by atoms with van der Waals surface area (Å²) in [6.07, 6.45) is 0. The molecule has 0 saturated carbocycles. The zero-order valence-corrected chi connectivity index (χ0v) is 8.66. The fourth-order valence-corrected chi connectivity index (χ4v) is 0.784. The standard InChI is InChI=1S/C8H17N3O4/c1-15-3-2-11-7(12)5-10-4-6(9)8(13)14/h6,10H,2-5,9H2,1H3,(H,11,12)(H,13,14). The molecule has 0 radical (unpaired) electrons. The number of methoxy groups -OCH3 is 1. The maximum absolute atomic E-state index is 11.1. The first-order valence-corrected chi connectivity index (χ1v) is 4.52. The Morgan fingerprint density at radius 1 is 1.53 bits per heavy atom. The average Bonchev–Trinajstić information content (AvgIpc) is 2.18. The minimum Gasteiger partial charge on any atom is -0.480 e. The Hall–Kier alpha value is -1.18. The van der Waals surface area contributed by atoms with Crippen molar-refractivity contribution in [3.05, 3.63) is 0 Å². The lowest BCUT2D eigenvalue weighted by molar-refractivity contribution is -0.138. The molecular weight excluding hydrogens is 202 g/mol. The van der Waals surface area contributed by atoms with Crippen LogP contribution in [0.3, 0.4) is 0 Å². The van der Waals surface area contributed by atoms with Crippen LogP contribution in [-0.4, -0.2) is 56.4 Å². The average molecular weight is 219 g/mol. The van der Waals surface area contributed by atoms with Gasteiger partial charge < -0.3 is 26.2 Å². The maximum atomic E-state index is 11.1. The largest absolute Gasteiger partial charge is 0.480 e. The van der Waals surface area contributed by atoms with Gasteiger partial charge in [0.15, 0.2) is 0 Å². The van der Waals surface area contributed by atoms with Gasteiger partial charge in [-0.2, -0.15) is 0 Å². The summed E-state index contributed by atoms with van der Waals surface area (Å²) in [7, 11) is 1.54. The number of ether oxygens (including phenoxy) is 1. The predicted octanol–water partition coefficient (Wildman–Crippen LogP) is -2.25. The van der Waals surface area contributed by atoms with Crippen LogP contribution in [0.2, 0.25) is 0 Å². The second-order valence-corrected chi connectivity index (χ2v) is 2.92. The summed E-state index contributed by atoms with van der Waals surface area (Å²) in [5.41, 5.74) is 5.21. The fourth-order valence-electron chi connectivity index (χ4n) is 0.784. The summed E-state index contributed by atoms with van der Waals surface area (Å²) in [5, 5.41) is 13.6. The van der Waals surface area contributed by atoms with Crippen LogP contribution in [0.15, 0.2) is 0 Å². The Morgan fingerprint density at radius 2 is 2.20 bits per heavy atom. The summed E-state index contributed by atoms with van der Waals surface area (Å²) in [6.45, 7) is 0.986. The van der Waals surface area contributed by atoms with Crippen LogP contribution < -0.4 is 16.4 Å². The molecule has 0 aromatic heterocycles. The smallest absolute Gasteiger partial charge is 0.321 e. The normalized spacial score (nSPS) is 12.1. The van der Waals surface area contributed by atoms with Gasteiger partial charge in [0.25, 0.3) is 0 Å². The van der Waals surface area contributed by atoms with Gasteiger partial charge in [-0.05, 0) is 0 Å². The molecule has 1 atom stereocenters. The fraction of sp³-hybridized carbons (Fsp3) is 0.750. The van der Waals surface area contributed by atoms with Gasteiger partial charge in [-0.25, -0.2) is 0 Å². The number of carbonyl (C=O) groups is 2. The molecule has 7 heteroatoms. The lowest BCUT2D eigenvalue weighted by atomic mass is 10.3. The molecule has 0 bridgehead atoms. The van der Waals surface area contributed by atoms with Gasteiger partial charge in [0.05, 0.1) is 13.2 Å². The number of hydrogen-bond donors (Lipinski definition) is 4. The first-order valence-electron chi connectivity index (χ1n) is 4.52. The van der Waals surface area contributed by atoms with E-state index in [1.807, 2.05) is 0 Å². The third kappa shape index (κ3) is 7.86. The Bertz CT molecular complexity index is 210. The van der Waals surface area contributed by atoms with Gasteiger partial charge in [0.2, 0.25) is 5.91 Å². The zero-order chi connectivity index (χ0) is 11.7. The van der Waals surface area contributed by atoms with Gasteiger partial charge in [0.1, 0.15) is 6.04 Å². The van der Waals surface area contributed by atoms with Crippen LogP contribution in [0.4, 0.5) is 0 Å². The topological polar surface area (TPSA) is 114 Å². The quantitative estimate of drug-likeness (QED) is 0.343. The van der Waals surface area contributed by atoms with Gasteiger partial charge in [-0.15, -0.1) is 0 Å². The van der Waals surface area contributed by atoms with E-state index in [4.69, 9.17) is 15.6 Å². The van der Waals surface area contributed by atoms with E-state index in [9.17, 15) is 9.59 Å². The van der Waals surface area contributed by atoms with Gasteiger partial charge in [-0.3, -0.25) is 9.59 Å². The molecule has 0 aromatic carbocycles. The molecule has 0 aliphatic heterocycles. The Morgan fingerprint density at radius 3 is 2.73 bits per heavy atom. The van der Waals surface area contributed by atoms with E-state index in [0.717, 1.165) is 0 Å². The van der Waals surface area contributed by atoms with E-state index in [1.54, 1.807) is 0 Å². The molecule has 0 heterocycles. The Kier molecular flexibility index (Phi) is 7.51. The minimum absolute atomic E-state index is 0.0463. The summed E-state index contributed by atoms with van der Waals surface area (Å²) >= 11 is 0. The minimum atomic E-state index is -1.10. The molecule has 5 N–H and O–H groups in total. The summed E-state index contributed by atoms with van der Waals surface area (Å²) in [4.78, 5) is 21.4. The van der Waals surface area contributed by atoms with Crippen LogP contribution in [-0.2, 0) is 14.3 Å². The molecular formula is C8H17N3O4. The van der Waals surface area contributed by atoms with Crippen LogP contribution in [0.1, 0.15) is 0 Å².